The zero-order chi connectivity index (χ0) is 22.8. The van der Waals surface area contributed by atoms with Crippen molar-refractivity contribution in [3.05, 3.63) is 35.3 Å². The smallest absolute Gasteiger partial charge is 0.265 e. The van der Waals surface area contributed by atoms with Gasteiger partial charge in [-0.25, -0.2) is 17.7 Å². The molecule has 0 radical (unpaired) electrons. The molecule has 4 bridgehead atoms. The number of hydrogen-bond donors (Lipinski definition) is 0. The molecular weight excluding hydrogens is 452 g/mol. The van der Waals surface area contributed by atoms with E-state index < -0.39 is 10.0 Å². The second-order valence-electron chi connectivity index (χ2n) is 11.0. The molecule has 5 fully saturated rings. The number of anilines is 2. The average molecular weight is 487 g/mol. The van der Waals surface area contributed by atoms with E-state index in [-0.39, 0.29) is 5.41 Å². The van der Waals surface area contributed by atoms with Crippen molar-refractivity contribution in [2.24, 2.45) is 17.8 Å². The summed E-state index contributed by atoms with van der Waals surface area (Å²) in [6.45, 7) is 3.99. The van der Waals surface area contributed by atoms with Gasteiger partial charge in [0.05, 0.1) is 10.6 Å². The van der Waals surface area contributed by atoms with Crippen molar-refractivity contribution in [3.8, 4) is 0 Å². The molecule has 1 aliphatic heterocycles. The largest absolute Gasteiger partial charge is 0.369 e. The van der Waals surface area contributed by atoms with Crippen LogP contribution in [-0.4, -0.2) is 58.6 Å². The average Bonchev–Trinajstić information content (AvgIpc) is 3.29. The van der Waals surface area contributed by atoms with Crippen LogP contribution >= 0.6 is 11.3 Å². The van der Waals surface area contributed by atoms with Gasteiger partial charge in [0.15, 0.2) is 5.13 Å². The lowest BCUT2D eigenvalue weighted by atomic mass is 9.49. The Morgan fingerprint density at radius 2 is 1.55 bits per heavy atom. The number of piperazine rings is 1. The lowest BCUT2D eigenvalue weighted by Gasteiger charge is -2.56. The molecule has 5 aliphatic rings. The SMILES string of the molecule is CN1CCN(c2ccc(S(=O)(=O)N(C)c3nc(C45CC6CC(CC(C6)C4)C5)cs3)cc2)CC1. The van der Waals surface area contributed by atoms with E-state index in [0.29, 0.717) is 10.0 Å². The van der Waals surface area contributed by atoms with Gasteiger partial charge < -0.3 is 9.80 Å². The van der Waals surface area contributed by atoms with Crippen LogP contribution in [0, 0.1) is 17.8 Å². The van der Waals surface area contributed by atoms with E-state index in [9.17, 15) is 8.42 Å². The molecule has 1 aromatic carbocycles. The van der Waals surface area contributed by atoms with Crippen molar-refractivity contribution in [1.82, 2.24) is 9.88 Å². The van der Waals surface area contributed by atoms with Crippen molar-refractivity contribution < 1.29 is 8.42 Å². The molecular formula is C25H34N4O2S2. The van der Waals surface area contributed by atoms with E-state index in [1.807, 2.05) is 12.1 Å². The molecule has 33 heavy (non-hydrogen) atoms. The number of aromatic nitrogens is 1. The number of rotatable bonds is 5. The van der Waals surface area contributed by atoms with Crippen molar-refractivity contribution in [2.75, 3.05) is 49.5 Å². The summed E-state index contributed by atoms with van der Waals surface area (Å²) < 4.78 is 28.2. The molecule has 0 N–H and O–H groups in total. The minimum Gasteiger partial charge on any atom is -0.369 e. The van der Waals surface area contributed by atoms with Crippen LogP contribution in [-0.2, 0) is 15.4 Å². The van der Waals surface area contributed by atoms with Gasteiger partial charge in [0.1, 0.15) is 0 Å². The molecule has 7 rings (SSSR count). The molecule has 0 unspecified atom stereocenters. The summed E-state index contributed by atoms with van der Waals surface area (Å²) >= 11 is 1.48. The Morgan fingerprint density at radius 1 is 0.970 bits per heavy atom. The van der Waals surface area contributed by atoms with Gasteiger partial charge in [-0.1, -0.05) is 0 Å². The molecule has 0 spiro atoms. The number of sulfonamides is 1. The van der Waals surface area contributed by atoms with Gasteiger partial charge in [-0.05, 0) is 87.6 Å². The Labute approximate surface area is 201 Å². The standard InChI is InChI=1S/C25H34N4O2S2/c1-27-7-9-29(10-8-27)21-3-5-22(6-4-21)33(30,31)28(2)24-26-23(17-32-24)25-14-18-11-19(15-25)13-20(12-18)16-25/h3-6,17-20H,7-16H2,1-2H3. The van der Waals surface area contributed by atoms with Crippen LogP contribution in [0.4, 0.5) is 10.8 Å². The molecule has 0 amide bonds. The molecule has 4 aliphatic carbocycles. The van der Waals surface area contributed by atoms with Crippen LogP contribution in [0.1, 0.15) is 44.2 Å². The van der Waals surface area contributed by atoms with Crippen molar-refractivity contribution in [1.29, 1.82) is 0 Å². The van der Waals surface area contributed by atoms with Crippen LogP contribution in [0.15, 0.2) is 34.5 Å². The maximum absolute atomic E-state index is 13.4. The monoisotopic (exact) mass is 486 g/mol. The first-order valence-electron chi connectivity index (χ1n) is 12.3. The van der Waals surface area contributed by atoms with Gasteiger partial charge in [-0.2, -0.15) is 0 Å². The number of likely N-dealkylation sites (N-methyl/N-ethyl adjacent to an activating group) is 1. The number of hydrogen-bond acceptors (Lipinski definition) is 6. The summed E-state index contributed by atoms with van der Waals surface area (Å²) in [5, 5.41) is 2.73. The van der Waals surface area contributed by atoms with E-state index in [1.165, 1.54) is 54.2 Å². The predicted molar refractivity (Wildman–Crippen MR) is 134 cm³/mol. The third kappa shape index (κ3) is 3.78. The second kappa shape index (κ2) is 7.95. The maximum Gasteiger partial charge on any atom is 0.265 e. The first-order chi connectivity index (χ1) is 15.8. The first-order valence-corrected chi connectivity index (χ1v) is 14.6. The number of benzene rings is 1. The Bertz CT molecular complexity index is 1080. The van der Waals surface area contributed by atoms with Gasteiger partial charge in [-0.15, -0.1) is 11.3 Å². The minimum atomic E-state index is -3.64. The van der Waals surface area contributed by atoms with Gasteiger partial charge in [0.2, 0.25) is 0 Å². The van der Waals surface area contributed by atoms with Crippen molar-refractivity contribution in [3.63, 3.8) is 0 Å². The molecule has 0 atom stereocenters. The lowest BCUT2D eigenvalue weighted by Crippen LogP contribution is -2.48. The Kier molecular flexibility index (Phi) is 5.27. The van der Waals surface area contributed by atoms with Gasteiger partial charge in [0.25, 0.3) is 10.0 Å². The Morgan fingerprint density at radius 3 is 2.12 bits per heavy atom. The summed E-state index contributed by atoms with van der Waals surface area (Å²) in [7, 11) is 0.143. The highest BCUT2D eigenvalue weighted by Gasteiger charge is 2.52. The maximum atomic E-state index is 13.4. The third-order valence-corrected chi connectivity index (χ3v) is 11.5. The first kappa shape index (κ1) is 21.9. The molecule has 8 heteroatoms. The highest BCUT2D eigenvalue weighted by Crippen LogP contribution is 2.60. The fourth-order valence-corrected chi connectivity index (χ4v) is 9.52. The van der Waals surface area contributed by atoms with E-state index in [0.717, 1.165) is 55.3 Å². The Hall–Kier alpha value is -1.64. The summed E-state index contributed by atoms with van der Waals surface area (Å²) in [5.41, 5.74) is 2.43. The molecule has 1 saturated heterocycles. The van der Waals surface area contributed by atoms with E-state index >= 15 is 0 Å². The van der Waals surface area contributed by atoms with Crippen molar-refractivity contribution >= 4 is 32.2 Å². The third-order valence-electron chi connectivity index (χ3n) is 8.71. The number of nitrogens with zero attached hydrogens (tertiary/aromatic N) is 4. The van der Waals surface area contributed by atoms with Crippen LogP contribution in [0.2, 0.25) is 0 Å². The summed E-state index contributed by atoms with van der Waals surface area (Å²) in [6, 6.07) is 7.36. The van der Waals surface area contributed by atoms with E-state index in [4.69, 9.17) is 4.98 Å². The fourth-order valence-electron chi connectivity index (χ4n) is 7.23. The normalized spacial score (nSPS) is 31.8. The van der Waals surface area contributed by atoms with Crippen molar-refractivity contribution in [2.45, 2.75) is 48.8 Å². The van der Waals surface area contributed by atoms with Crippen LogP contribution in [0.5, 0.6) is 0 Å². The quantitative estimate of drug-likeness (QED) is 0.634. The summed E-state index contributed by atoms with van der Waals surface area (Å²) in [4.78, 5) is 9.90. The second-order valence-corrected chi connectivity index (χ2v) is 13.8. The van der Waals surface area contributed by atoms with Gasteiger partial charge >= 0.3 is 0 Å². The zero-order valence-corrected chi connectivity index (χ0v) is 21.2. The minimum absolute atomic E-state index is 0.193. The number of thiazole rings is 1. The lowest BCUT2D eigenvalue weighted by molar-refractivity contribution is -0.00689. The fraction of sp³-hybridized carbons (Fsp3) is 0.640. The van der Waals surface area contributed by atoms with Gasteiger partial charge in [-0.3, -0.25) is 0 Å². The predicted octanol–water partition coefficient (Wildman–Crippen LogP) is 4.19. The Balaban J connectivity index is 1.21. The van der Waals surface area contributed by atoms with Crippen LogP contribution < -0.4 is 9.21 Å². The molecule has 6 nitrogen and oxygen atoms in total. The van der Waals surface area contributed by atoms with Crippen LogP contribution in [0.25, 0.3) is 0 Å². The van der Waals surface area contributed by atoms with E-state index in [1.54, 1.807) is 19.2 Å². The van der Waals surface area contributed by atoms with Gasteiger partial charge in [0, 0.05) is 49.7 Å². The van der Waals surface area contributed by atoms with E-state index in [2.05, 4.69) is 22.2 Å². The summed E-state index contributed by atoms with van der Waals surface area (Å²) in [5.74, 6) is 2.55. The highest BCUT2D eigenvalue weighted by molar-refractivity contribution is 7.93. The molecule has 178 valence electrons. The highest BCUT2D eigenvalue weighted by atomic mass is 32.2. The zero-order valence-electron chi connectivity index (χ0n) is 19.6. The topological polar surface area (TPSA) is 56.8 Å². The summed E-state index contributed by atoms with van der Waals surface area (Å²) in [6.07, 6.45) is 7.92. The molecule has 2 heterocycles. The molecule has 2 aromatic rings. The van der Waals surface area contributed by atoms with Crippen LogP contribution in [0.3, 0.4) is 0 Å². The molecule has 1 aromatic heterocycles. The molecule has 4 saturated carbocycles.